The Labute approximate surface area is 108 Å². The van der Waals surface area contributed by atoms with Gasteiger partial charge in [-0.25, -0.2) is 0 Å². The van der Waals surface area contributed by atoms with Crippen molar-refractivity contribution in [1.82, 2.24) is 0 Å². The van der Waals surface area contributed by atoms with E-state index in [0.29, 0.717) is 25.3 Å². The number of hydrogen-bond acceptors (Lipinski definition) is 1. The van der Waals surface area contributed by atoms with Crippen LogP contribution in [0.25, 0.3) is 0 Å². The molecule has 0 aliphatic rings. The number of nitrogens with two attached hydrogens (primary N) is 2. The molecule has 4 nitrogen and oxygen atoms in total. The van der Waals surface area contributed by atoms with Gasteiger partial charge in [0, 0.05) is 6.42 Å². The third kappa shape index (κ3) is 5.04. The number of ether oxygens (including phenoxy) is 1. The van der Waals surface area contributed by atoms with Gasteiger partial charge in [-0.05, 0) is 33.6 Å². The van der Waals surface area contributed by atoms with Crippen molar-refractivity contribution in [1.29, 1.82) is 0 Å². The Bertz CT molecular complexity index is 394. The summed E-state index contributed by atoms with van der Waals surface area (Å²) in [6.07, 6.45) is 0.397. The lowest BCUT2D eigenvalue weighted by Crippen LogP contribution is -2.76. The molecule has 0 unspecified atom stereocenters. The number of hydrogen-bond donors (Lipinski definition) is 3. The molecule has 0 aliphatic heterocycles. The molecule has 0 atom stereocenters. The summed E-state index contributed by atoms with van der Waals surface area (Å²) < 4.78 is 18.1. The molecule has 1 aromatic carbocycles. The van der Waals surface area contributed by atoms with Crippen molar-refractivity contribution in [3.8, 4) is 5.75 Å². The minimum Gasteiger partial charge on any atom is -0.492 e. The first-order valence-electron chi connectivity index (χ1n) is 5.22. The highest BCUT2D eigenvalue weighted by Gasteiger charge is 2.03. The molecule has 17 heavy (non-hydrogen) atoms. The lowest BCUT2D eigenvalue weighted by molar-refractivity contribution is -0.477. The topological polar surface area (TPSA) is 75.2 Å². The zero-order valence-corrected chi connectivity index (χ0v) is 11.0. The molecule has 0 aliphatic carbocycles. The van der Waals surface area contributed by atoms with Crippen molar-refractivity contribution >= 4 is 21.9 Å². The molecule has 0 radical (unpaired) electrons. The number of halogens is 2. The smallest absolute Gasteiger partial charge is 0.339 e. The predicted octanol–water partition coefficient (Wildman–Crippen LogP) is 0.0415. The van der Waals surface area contributed by atoms with E-state index in [-0.39, 0.29) is 12.6 Å². The van der Waals surface area contributed by atoms with Crippen LogP contribution in [-0.2, 0) is 6.54 Å². The summed E-state index contributed by atoms with van der Waals surface area (Å²) in [4.78, 5) is 2.82. The van der Waals surface area contributed by atoms with E-state index < -0.39 is 0 Å². The van der Waals surface area contributed by atoms with Gasteiger partial charge in [0.2, 0.25) is 0 Å². The second kappa shape index (κ2) is 7.11. The van der Waals surface area contributed by atoms with Crippen LogP contribution in [-0.4, -0.2) is 19.2 Å². The molecule has 0 aromatic heterocycles. The second-order valence-corrected chi connectivity index (χ2v) is 4.32. The molecule has 1 rings (SSSR count). The zero-order valence-electron chi connectivity index (χ0n) is 9.38. The van der Waals surface area contributed by atoms with Gasteiger partial charge in [-0.15, -0.1) is 0 Å². The van der Waals surface area contributed by atoms with E-state index in [1.165, 1.54) is 0 Å². The summed E-state index contributed by atoms with van der Waals surface area (Å²) in [5.74, 6) is 0.885. The maximum atomic E-state index is 11.9. The lowest BCUT2D eigenvalue weighted by Gasteiger charge is -2.08. The van der Waals surface area contributed by atoms with Gasteiger partial charge in [0.1, 0.15) is 5.75 Å². The summed E-state index contributed by atoms with van der Waals surface area (Å²) in [6, 6.07) is 5.62. The van der Waals surface area contributed by atoms with E-state index >= 15 is 0 Å². The number of rotatable bonds is 6. The number of benzene rings is 1. The van der Waals surface area contributed by atoms with Crippen LogP contribution in [0.3, 0.4) is 0 Å². The van der Waals surface area contributed by atoms with Crippen LogP contribution in [0, 0.1) is 0 Å². The molecule has 5 N–H and O–H groups in total. The average molecular weight is 305 g/mol. The van der Waals surface area contributed by atoms with Gasteiger partial charge in [-0.2, -0.15) is 0 Å². The van der Waals surface area contributed by atoms with Crippen LogP contribution in [0.4, 0.5) is 4.39 Å². The molecule has 0 spiro atoms. The first-order chi connectivity index (χ1) is 8.13. The van der Waals surface area contributed by atoms with Crippen molar-refractivity contribution in [3.05, 3.63) is 28.2 Å². The monoisotopic (exact) mass is 304 g/mol. The van der Waals surface area contributed by atoms with Crippen LogP contribution < -0.4 is 21.2 Å². The van der Waals surface area contributed by atoms with E-state index in [2.05, 4.69) is 20.9 Å². The Morgan fingerprint density at radius 1 is 1.41 bits per heavy atom. The van der Waals surface area contributed by atoms with Crippen LogP contribution in [0.1, 0.15) is 12.0 Å². The van der Waals surface area contributed by atoms with Crippen LogP contribution in [0.2, 0.25) is 0 Å². The van der Waals surface area contributed by atoms with Crippen LogP contribution >= 0.6 is 15.9 Å². The normalized spacial score (nSPS) is 10.0. The Balaban J connectivity index is 2.62. The third-order valence-corrected chi connectivity index (χ3v) is 2.65. The van der Waals surface area contributed by atoms with Crippen molar-refractivity contribution in [2.45, 2.75) is 13.0 Å². The maximum absolute atomic E-state index is 11.9. The third-order valence-electron chi connectivity index (χ3n) is 2.03. The summed E-state index contributed by atoms with van der Waals surface area (Å²) in [5, 5.41) is 0. The Hall–Kier alpha value is -1.30. The fraction of sp³-hybridized carbons (Fsp3) is 0.364. The molecule has 0 bridgehead atoms. The molecule has 1 aromatic rings. The van der Waals surface area contributed by atoms with Gasteiger partial charge in [0.25, 0.3) is 0 Å². The first kappa shape index (κ1) is 13.8. The van der Waals surface area contributed by atoms with Crippen LogP contribution in [0.5, 0.6) is 5.75 Å². The van der Waals surface area contributed by atoms with Crippen molar-refractivity contribution in [3.63, 3.8) is 0 Å². The van der Waals surface area contributed by atoms with Gasteiger partial charge in [-0.1, -0.05) is 6.07 Å². The molecule has 94 valence electrons. The number of guanidine groups is 1. The molecule has 0 heterocycles. The van der Waals surface area contributed by atoms with E-state index in [4.69, 9.17) is 16.2 Å². The molecule has 6 heteroatoms. The minimum atomic E-state index is -0.370. The molecular formula is C11H16BrFN3O+. The van der Waals surface area contributed by atoms with Gasteiger partial charge >= 0.3 is 5.96 Å². The van der Waals surface area contributed by atoms with Gasteiger partial charge < -0.3 is 4.74 Å². The lowest BCUT2D eigenvalue weighted by atomic mass is 10.2. The maximum Gasteiger partial charge on any atom is 0.339 e. The first-order valence-corrected chi connectivity index (χ1v) is 6.01. The van der Waals surface area contributed by atoms with E-state index in [0.717, 1.165) is 10.0 Å². The highest BCUT2D eigenvalue weighted by Crippen LogP contribution is 2.25. The summed E-state index contributed by atoms with van der Waals surface area (Å²) >= 11 is 3.39. The number of alkyl halides is 1. The Morgan fingerprint density at radius 3 is 2.76 bits per heavy atom. The molecular weight excluding hydrogens is 289 g/mol. The molecule has 0 amide bonds. The minimum absolute atomic E-state index is 0.185. The zero-order chi connectivity index (χ0) is 12.7. The van der Waals surface area contributed by atoms with Gasteiger partial charge in [0.05, 0.1) is 24.3 Å². The fourth-order valence-corrected chi connectivity index (χ4v) is 1.75. The summed E-state index contributed by atoms with van der Waals surface area (Å²) in [5.41, 5.74) is 11.6. The highest BCUT2D eigenvalue weighted by molar-refractivity contribution is 9.10. The largest absolute Gasteiger partial charge is 0.492 e. The second-order valence-electron chi connectivity index (χ2n) is 3.46. The van der Waals surface area contributed by atoms with E-state index in [1.54, 1.807) is 0 Å². The van der Waals surface area contributed by atoms with Crippen molar-refractivity contribution in [2.75, 3.05) is 13.3 Å². The Morgan fingerprint density at radius 2 is 2.18 bits per heavy atom. The highest BCUT2D eigenvalue weighted by atomic mass is 79.9. The quantitative estimate of drug-likeness (QED) is 0.395. The summed E-state index contributed by atoms with van der Waals surface area (Å²) in [7, 11) is 0. The standard InChI is InChI=1S/C11H15BrFN3O/c12-9-6-8(7-16-11(14)15)2-3-10(9)17-5-1-4-13/h2-3,6H,1,4-5,7H2,(H4,14,15,16)/p+1. The SMILES string of the molecule is NC(N)=[NH+]Cc1ccc(OCCCF)c(Br)c1. The van der Waals surface area contributed by atoms with Crippen molar-refractivity contribution in [2.24, 2.45) is 11.5 Å². The molecule has 0 saturated carbocycles. The van der Waals surface area contributed by atoms with Crippen molar-refractivity contribution < 1.29 is 14.1 Å². The predicted molar refractivity (Wildman–Crippen MR) is 68.3 cm³/mol. The van der Waals surface area contributed by atoms with E-state index in [1.807, 2.05) is 18.2 Å². The number of nitrogens with one attached hydrogen (secondary N) is 1. The van der Waals surface area contributed by atoms with E-state index in [9.17, 15) is 4.39 Å². The fourth-order valence-electron chi connectivity index (χ4n) is 1.21. The molecule has 0 saturated heterocycles. The average Bonchev–Trinajstić information content (AvgIpc) is 2.29. The van der Waals surface area contributed by atoms with Crippen LogP contribution in [0.15, 0.2) is 22.7 Å². The summed E-state index contributed by atoms with van der Waals surface area (Å²) in [6.45, 7) is 0.549. The van der Waals surface area contributed by atoms with Gasteiger partial charge in [0.15, 0.2) is 0 Å². The Kier molecular flexibility index (Phi) is 5.76. The molecule has 0 fully saturated rings. The van der Waals surface area contributed by atoms with Gasteiger partial charge in [-0.3, -0.25) is 20.9 Å².